The summed E-state index contributed by atoms with van der Waals surface area (Å²) < 4.78 is 10.7. The van der Waals surface area contributed by atoms with Crippen LogP contribution in [0.5, 0.6) is 0 Å². The molecule has 1 aliphatic rings. The number of aliphatic hydroxyl groups is 1. The number of hydrogen-bond donors (Lipinski definition) is 1. The van der Waals surface area contributed by atoms with Crippen LogP contribution < -0.4 is 0 Å². The molecule has 2 heterocycles. The molecule has 0 aliphatic carbocycles. The van der Waals surface area contributed by atoms with Gasteiger partial charge in [0.1, 0.15) is 0 Å². The molecule has 1 unspecified atom stereocenters. The van der Waals surface area contributed by atoms with Gasteiger partial charge in [0.25, 0.3) is 0 Å². The first-order valence-electron chi connectivity index (χ1n) is 7.77. The molecular weight excluding hydrogens is 296 g/mol. The van der Waals surface area contributed by atoms with E-state index in [1.54, 1.807) is 11.0 Å². The predicted molar refractivity (Wildman–Crippen MR) is 83.7 cm³/mol. The quantitative estimate of drug-likeness (QED) is 0.904. The summed E-state index contributed by atoms with van der Waals surface area (Å²) in [5.41, 5.74) is 1.55. The summed E-state index contributed by atoms with van der Waals surface area (Å²) in [6.07, 6.45) is 0.720. The van der Waals surface area contributed by atoms with Crippen LogP contribution in [0.25, 0.3) is 11.3 Å². The van der Waals surface area contributed by atoms with Crippen LogP contribution in [0.4, 0.5) is 0 Å². The van der Waals surface area contributed by atoms with Crippen LogP contribution in [0, 0.1) is 0 Å². The van der Waals surface area contributed by atoms with Crippen molar-refractivity contribution in [3.8, 4) is 11.3 Å². The fourth-order valence-corrected chi connectivity index (χ4v) is 2.76. The molecule has 3 rings (SSSR count). The van der Waals surface area contributed by atoms with E-state index in [-0.39, 0.29) is 25.0 Å². The standard InChI is InChI=1S/C17H20N2O4/c20-8-6-15-12-22-9-7-19(15)17(21)11-14-10-16(23-18-14)13-4-2-1-3-5-13/h1-5,10,15,20H,6-9,11-12H2. The van der Waals surface area contributed by atoms with Crippen molar-refractivity contribution in [3.05, 3.63) is 42.1 Å². The molecular formula is C17H20N2O4. The number of amides is 1. The van der Waals surface area contributed by atoms with Crippen molar-refractivity contribution in [2.45, 2.75) is 18.9 Å². The van der Waals surface area contributed by atoms with E-state index in [0.29, 0.717) is 37.6 Å². The second-order valence-electron chi connectivity index (χ2n) is 5.55. The zero-order chi connectivity index (χ0) is 16.1. The van der Waals surface area contributed by atoms with E-state index >= 15 is 0 Å². The number of aliphatic hydroxyl groups excluding tert-OH is 1. The first-order chi connectivity index (χ1) is 11.3. The van der Waals surface area contributed by atoms with Gasteiger partial charge in [-0.25, -0.2) is 0 Å². The molecule has 1 amide bonds. The van der Waals surface area contributed by atoms with Crippen molar-refractivity contribution < 1.29 is 19.2 Å². The summed E-state index contributed by atoms with van der Waals surface area (Å²) in [5.74, 6) is 0.641. The Hall–Kier alpha value is -2.18. The van der Waals surface area contributed by atoms with E-state index in [0.717, 1.165) is 5.56 Å². The summed E-state index contributed by atoms with van der Waals surface area (Å²) in [4.78, 5) is 14.3. The molecule has 1 aromatic heterocycles. The number of ether oxygens (including phenoxy) is 1. The lowest BCUT2D eigenvalue weighted by atomic mass is 10.1. The van der Waals surface area contributed by atoms with Crippen LogP contribution in [-0.4, -0.2) is 53.5 Å². The highest BCUT2D eigenvalue weighted by Gasteiger charge is 2.27. The first-order valence-corrected chi connectivity index (χ1v) is 7.77. The van der Waals surface area contributed by atoms with Crippen molar-refractivity contribution in [1.82, 2.24) is 10.1 Å². The van der Waals surface area contributed by atoms with E-state index in [1.807, 2.05) is 30.3 Å². The van der Waals surface area contributed by atoms with Crippen molar-refractivity contribution in [3.63, 3.8) is 0 Å². The summed E-state index contributed by atoms with van der Waals surface area (Å²) in [6, 6.07) is 11.4. The molecule has 0 spiro atoms. The van der Waals surface area contributed by atoms with Crippen LogP contribution >= 0.6 is 0 Å². The van der Waals surface area contributed by atoms with Crippen LogP contribution in [0.1, 0.15) is 12.1 Å². The Labute approximate surface area is 134 Å². The van der Waals surface area contributed by atoms with Crippen molar-refractivity contribution in [1.29, 1.82) is 0 Å². The topological polar surface area (TPSA) is 75.8 Å². The normalized spacial score (nSPS) is 18.1. The Morgan fingerprint density at radius 1 is 1.35 bits per heavy atom. The lowest BCUT2D eigenvalue weighted by Crippen LogP contribution is -2.49. The molecule has 1 aromatic carbocycles. The second kappa shape index (κ2) is 7.39. The molecule has 122 valence electrons. The van der Waals surface area contributed by atoms with E-state index in [2.05, 4.69) is 5.16 Å². The van der Waals surface area contributed by atoms with Crippen LogP contribution in [0.3, 0.4) is 0 Å². The number of nitrogens with zero attached hydrogens (tertiary/aromatic N) is 2. The number of hydrogen-bond acceptors (Lipinski definition) is 5. The van der Waals surface area contributed by atoms with Crippen molar-refractivity contribution >= 4 is 5.91 Å². The van der Waals surface area contributed by atoms with Gasteiger partial charge in [-0.2, -0.15) is 0 Å². The van der Waals surface area contributed by atoms with Gasteiger partial charge in [-0.15, -0.1) is 0 Å². The fourth-order valence-electron chi connectivity index (χ4n) is 2.76. The molecule has 1 aliphatic heterocycles. The molecule has 1 N–H and O–H groups in total. The molecule has 0 saturated carbocycles. The van der Waals surface area contributed by atoms with Gasteiger partial charge in [0.2, 0.25) is 5.91 Å². The number of aromatic nitrogens is 1. The largest absolute Gasteiger partial charge is 0.396 e. The highest BCUT2D eigenvalue weighted by molar-refractivity contribution is 5.79. The molecule has 6 nitrogen and oxygen atoms in total. The van der Waals surface area contributed by atoms with Crippen LogP contribution in [-0.2, 0) is 16.0 Å². The maximum absolute atomic E-state index is 12.5. The van der Waals surface area contributed by atoms with Crippen LogP contribution in [0.15, 0.2) is 40.9 Å². The maximum atomic E-state index is 12.5. The van der Waals surface area contributed by atoms with Gasteiger partial charge in [-0.1, -0.05) is 35.5 Å². The zero-order valence-corrected chi connectivity index (χ0v) is 12.9. The minimum absolute atomic E-state index is 0.0142. The fraction of sp³-hybridized carbons (Fsp3) is 0.412. The highest BCUT2D eigenvalue weighted by Crippen LogP contribution is 2.20. The van der Waals surface area contributed by atoms with Gasteiger partial charge in [0, 0.05) is 24.8 Å². The minimum Gasteiger partial charge on any atom is -0.396 e. The maximum Gasteiger partial charge on any atom is 0.229 e. The molecule has 0 radical (unpaired) electrons. The van der Waals surface area contributed by atoms with Crippen molar-refractivity contribution in [2.75, 3.05) is 26.4 Å². The predicted octanol–water partition coefficient (Wildman–Crippen LogP) is 1.49. The Kier molecular flexibility index (Phi) is 5.05. The third-order valence-electron chi connectivity index (χ3n) is 3.96. The third-order valence-corrected chi connectivity index (χ3v) is 3.96. The molecule has 6 heteroatoms. The zero-order valence-electron chi connectivity index (χ0n) is 12.9. The SMILES string of the molecule is O=C(Cc1cc(-c2ccccc2)on1)N1CCOCC1CCO. The molecule has 1 atom stereocenters. The Morgan fingerprint density at radius 3 is 2.96 bits per heavy atom. The molecule has 2 aromatic rings. The first kappa shape index (κ1) is 15.7. The summed E-state index contributed by atoms with van der Waals surface area (Å²) in [6.45, 7) is 1.59. The average Bonchev–Trinajstić information content (AvgIpc) is 3.05. The Balaban J connectivity index is 1.67. The van der Waals surface area contributed by atoms with Gasteiger partial charge in [0.05, 0.1) is 31.4 Å². The Morgan fingerprint density at radius 2 is 2.17 bits per heavy atom. The monoisotopic (exact) mass is 316 g/mol. The molecule has 1 saturated heterocycles. The lowest BCUT2D eigenvalue weighted by Gasteiger charge is -2.35. The van der Waals surface area contributed by atoms with Gasteiger partial charge in [-0.05, 0) is 6.42 Å². The second-order valence-corrected chi connectivity index (χ2v) is 5.55. The number of carbonyl (C=O) groups excluding carboxylic acids is 1. The molecule has 23 heavy (non-hydrogen) atoms. The van der Waals surface area contributed by atoms with E-state index in [9.17, 15) is 4.79 Å². The van der Waals surface area contributed by atoms with Gasteiger partial charge >= 0.3 is 0 Å². The third kappa shape index (κ3) is 3.78. The smallest absolute Gasteiger partial charge is 0.229 e. The number of rotatable bonds is 5. The van der Waals surface area contributed by atoms with Gasteiger partial charge < -0.3 is 19.3 Å². The minimum atomic E-state index is -0.0678. The van der Waals surface area contributed by atoms with E-state index in [4.69, 9.17) is 14.4 Å². The summed E-state index contributed by atoms with van der Waals surface area (Å²) >= 11 is 0. The molecule has 1 fully saturated rings. The number of carbonyl (C=O) groups is 1. The Bertz CT molecular complexity index is 639. The summed E-state index contributed by atoms with van der Waals surface area (Å²) in [7, 11) is 0. The van der Waals surface area contributed by atoms with Gasteiger partial charge in [0.15, 0.2) is 5.76 Å². The van der Waals surface area contributed by atoms with E-state index in [1.165, 1.54) is 0 Å². The van der Waals surface area contributed by atoms with E-state index < -0.39 is 0 Å². The van der Waals surface area contributed by atoms with Gasteiger partial charge in [-0.3, -0.25) is 4.79 Å². The highest BCUT2D eigenvalue weighted by atomic mass is 16.5. The van der Waals surface area contributed by atoms with Crippen molar-refractivity contribution in [2.24, 2.45) is 0 Å². The summed E-state index contributed by atoms with van der Waals surface area (Å²) in [5, 5.41) is 13.1. The number of benzene rings is 1. The molecule has 0 bridgehead atoms. The van der Waals surface area contributed by atoms with Crippen LogP contribution in [0.2, 0.25) is 0 Å². The number of morpholine rings is 1. The average molecular weight is 316 g/mol. The lowest BCUT2D eigenvalue weighted by molar-refractivity contribution is -0.139.